The summed E-state index contributed by atoms with van der Waals surface area (Å²) in [7, 11) is 0. The fourth-order valence-corrected chi connectivity index (χ4v) is 7.48. The molecule has 0 radical (unpaired) electrons. The van der Waals surface area contributed by atoms with E-state index in [1.54, 1.807) is 0 Å². The molecule has 4 atom stereocenters. The number of fused-ring (bicyclic) bond motifs is 2. The molecule has 30 heavy (non-hydrogen) atoms. The first-order valence-electron chi connectivity index (χ1n) is 11.5. The highest BCUT2D eigenvalue weighted by atomic mass is 16.5. The maximum atomic E-state index is 7.23. The molecule has 2 aliphatic heterocycles. The zero-order chi connectivity index (χ0) is 20.1. The monoisotopic (exact) mass is 396 g/mol. The summed E-state index contributed by atoms with van der Waals surface area (Å²) in [5, 5.41) is 8.52. The number of nitrogens with zero attached hydrogens (tertiary/aromatic N) is 1. The second kappa shape index (κ2) is 5.45. The van der Waals surface area contributed by atoms with Crippen LogP contribution in [0.5, 0.6) is 0 Å². The maximum Gasteiger partial charge on any atom is 0.0981 e. The van der Waals surface area contributed by atoms with Crippen molar-refractivity contribution in [2.75, 3.05) is 0 Å². The number of nitrogens with one attached hydrogen (secondary N) is 1. The lowest BCUT2D eigenvalue weighted by Crippen LogP contribution is -2.53. The molecule has 1 N–H and O–H groups in total. The first-order chi connectivity index (χ1) is 14.5. The molecule has 2 bridgehead atoms. The van der Waals surface area contributed by atoms with Gasteiger partial charge in [-0.3, -0.25) is 5.10 Å². The van der Waals surface area contributed by atoms with Crippen molar-refractivity contribution in [1.29, 1.82) is 0 Å². The number of benzene rings is 1. The number of H-pyrrole nitrogens is 1. The van der Waals surface area contributed by atoms with Gasteiger partial charge >= 0.3 is 0 Å². The molecule has 1 saturated carbocycles. The summed E-state index contributed by atoms with van der Waals surface area (Å²) in [6.07, 6.45) is 17.2. The van der Waals surface area contributed by atoms with Crippen LogP contribution in [0.4, 0.5) is 0 Å². The quantitative estimate of drug-likeness (QED) is 0.577. The molecule has 1 unspecified atom stereocenters. The summed E-state index contributed by atoms with van der Waals surface area (Å²) in [6, 6.07) is 6.74. The minimum absolute atomic E-state index is 0.0670. The molecular weight excluding hydrogens is 368 g/mol. The SMILES string of the molecule is C=C1CCC2=CC3=CCC4(C)C(c5ccc6cn[nH]c6c5)=CC[C@H]4[C@@]34CC[C@]2(C1)O4. The molecule has 152 valence electrons. The van der Waals surface area contributed by atoms with Crippen LogP contribution in [0.15, 0.2) is 65.9 Å². The Balaban J connectivity index is 1.33. The van der Waals surface area contributed by atoms with Gasteiger partial charge in [-0.2, -0.15) is 5.10 Å². The normalized spacial score (nSPS) is 39.2. The van der Waals surface area contributed by atoms with Crippen molar-refractivity contribution in [3.8, 4) is 0 Å². The van der Waals surface area contributed by atoms with Crippen molar-refractivity contribution in [2.45, 2.75) is 63.1 Å². The highest BCUT2D eigenvalue weighted by Gasteiger charge is 2.64. The predicted octanol–water partition coefficient (Wildman–Crippen LogP) is 6.27. The van der Waals surface area contributed by atoms with Crippen LogP contribution < -0.4 is 0 Å². The van der Waals surface area contributed by atoms with E-state index in [-0.39, 0.29) is 16.6 Å². The van der Waals surface area contributed by atoms with Crippen LogP contribution in [-0.2, 0) is 4.74 Å². The Morgan fingerprint density at radius 3 is 3.07 bits per heavy atom. The van der Waals surface area contributed by atoms with Crippen LogP contribution in [0.2, 0.25) is 0 Å². The maximum absolute atomic E-state index is 7.23. The Morgan fingerprint density at radius 1 is 1.20 bits per heavy atom. The average molecular weight is 397 g/mol. The number of aromatic nitrogens is 2. The summed E-state index contributed by atoms with van der Waals surface area (Å²) in [4.78, 5) is 0. The van der Waals surface area contributed by atoms with Gasteiger partial charge in [0.15, 0.2) is 0 Å². The van der Waals surface area contributed by atoms with Crippen molar-refractivity contribution in [3.63, 3.8) is 0 Å². The van der Waals surface area contributed by atoms with Crippen LogP contribution in [0.1, 0.15) is 57.4 Å². The van der Waals surface area contributed by atoms with Crippen LogP contribution >= 0.6 is 0 Å². The lowest BCUT2D eigenvalue weighted by atomic mass is 9.58. The van der Waals surface area contributed by atoms with E-state index >= 15 is 0 Å². The smallest absolute Gasteiger partial charge is 0.0981 e. The standard InChI is InChI=1S/C27H28N2O/c1-17-3-6-20-14-21-9-10-25(2)22(18-4-5-19-16-28-29-23(19)13-18)7-8-24(25)27(21)12-11-26(20,15-17)30-27/h4-5,7,9,13-14,16,24H,1,3,6,8,10-12,15H2,2H3,(H,28,29)/t24-,25?,26-,27-/m1/s1. The molecule has 7 rings (SSSR count). The van der Waals surface area contributed by atoms with Gasteiger partial charge < -0.3 is 4.74 Å². The molecule has 5 aliphatic rings. The van der Waals surface area contributed by atoms with Crippen molar-refractivity contribution < 1.29 is 4.74 Å². The molecule has 1 saturated heterocycles. The minimum atomic E-state index is -0.121. The van der Waals surface area contributed by atoms with Crippen molar-refractivity contribution in [3.05, 3.63) is 71.5 Å². The summed E-state index contributed by atoms with van der Waals surface area (Å²) in [5.41, 5.74) is 8.23. The number of ether oxygens (including phenoxy) is 1. The van der Waals surface area contributed by atoms with E-state index in [0.717, 1.165) is 50.5 Å². The first kappa shape index (κ1) is 17.3. The molecule has 3 nitrogen and oxygen atoms in total. The number of rotatable bonds is 1. The van der Waals surface area contributed by atoms with E-state index in [2.05, 4.69) is 60.1 Å². The summed E-state index contributed by atoms with van der Waals surface area (Å²) in [5.74, 6) is 0.504. The van der Waals surface area contributed by atoms with E-state index in [1.807, 2.05) is 6.20 Å². The third kappa shape index (κ3) is 1.98. The second-order valence-electron chi connectivity index (χ2n) is 10.4. The van der Waals surface area contributed by atoms with E-state index in [4.69, 9.17) is 4.74 Å². The summed E-state index contributed by atoms with van der Waals surface area (Å²) < 4.78 is 7.23. The third-order valence-electron chi connectivity index (χ3n) is 8.97. The predicted molar refractivity (Wildman–Crippen MR) is 120 cm³/mol. The number of hydrogen-bond acceptors (Lipinski definition) is 2. The molecule has 1 aromatic carbocycles. The zero-order valence-corrected chi connectivity index (χ0v) is 17.6. The van der Waals surface area contributed by atoms with Gasteiger partial charge in [-0.15, -0.1) is 0 Å². The van der Waals surface area contributed by atoms with E-state index < -0.39 is 0 Å². The van der Waals surface area contributed by atoms with Crippen molar-refractivity contribution in [2.24, 2.45) is 11.3 Å². The van der Waals surface area contributed by atoms with Gasteiger partial charge in [-0.25, -0.2) is 0 Å². The Kier molecular flexibility index (Phi) is 3.14. The molecule has 2 aromatic rings. The molecule has 0 amide bonds. The fourth-order valence-electron chi connectivity index (χ4n) is 7.48. The first-order valence-corrected chi connectivity index (χ1v) is 11.5. The molecule has 3 heteroatoms. The number of aromatic amines is 1. The fraction of sp³-hybridized carbons (Fsp3) is 0.444. The Hall–Kier alpha value is -2.39. The zero-order valence-electron chi connectivity index (χ0n) is 17.6. The second-order valence-corrected chi connectivity index (χ2v) is 10.4. The topological polar surface area (TPSA) is 37.9 Å². The Labute approximate surface area is 177 Å². The van der Waals surface area contributed by atoms with E-state index in [1.165, 1.54) is 33.2 Å². The van der Waals surface area contributed by atoms with Crippen LogP contribution in [0.3, 0.4) is 0 Å². The average Bonchev–Trinajstić information content (AvgIpc) is 3.41. The van der Waals surface area contributed by atoms with Crippen molar-refractivity contribution in [1.82, 2.24) is 10.2 Å². The van der Waals surface area contributed by atoms with Crippen LogP contribution in [0.25, 0.3) is 16.5 Å². The minimum Gasteiger partial charge on any atom is -0.359 e. The lowest BCUT2D eigenvalue weighted by molar-refractivity contribution is -0.123. The molecule has 2 fully saturated rings. The highest BCUT2D eigenvalue weighted by molar-refractivity contribution is 5.84. The number of allylic oxidation sites excluding steroid dienone is 3. The molecule has 3 aliphatic carbocycles. The highest BCUT2D eigenvalue weighted by Crippen LogP contribution is 2.67. The van der Waals surface area contributed by atoms with Crippen molar-refractivity contribution >= 4 is 16.5 Å². The van der Waals surface area contributed by atoms with Gasteiger partial charge in [0.05, 0.1) is 22.9 Å². The largest absolute Gasteiger partial charge is 0.359 e. The molecular formula is C27H28N2O. The van der Waals surface area contributed by atoms with Gasteiger partial charge in [0.1, 0.15) is 0 Å². The Morgan fingerprint density at radius 2 is 2.13 bits per heavy atom. The van der Waals surface area contributed by atoms with E-state index in [0.29, 0.717) is 5.92 Å². The lowest BCUT2D eigenvalue weighted by Gasteiger charge is -2.53. The summed E-state index contributed by atoms with van der Waals surface area (Å²) in [6.45, 7) is 6.81. The van der Waals surface area contributed by atoms with E-state index in [9.17, 15) is 0 Å². The van der Waals surface area contributed by atoms with Gasteiger partial charge in [-0.05, 0) is 66.9 Å². The van der Waals surface area contributed by atoms with Gasteiger partial charge in [-0.1, -0.05) is 49.4 Å². The molecule has 2 spiro atoms. The molecule has 1 aromatic heterocycles. The van der Waals surface area contributed by atoms with Gasteiger partial charge in [0.25, 0.3) is 0 Å². The summed E-state index contributed by atoms with van der Waals surface area (Å²) >= 11 is 0. The van der Waals surface area contributed by atoms with Gasteiger partial charge in [0, 0.05) is 23.1 Å². The van der Waals surface area contributed by atoms with Crippen LogP contribution in [-0.4, -0.2) is 21.4 Å². The van der Waals surface area contributed by atoms with Crippen LogP contribution in [0, 0.1) is 11.3 Å². The number of hydrogen-bond donors (Lipinski definition) is 1. The Bertz CT molecular complexity index is 1210. The molecule has 3 heterocycles. The third-order valence-corrected chi connectivity index (χ3v) is 8.97. The van der Waals surface area contributed by atoms with Gasteiger partial charge in [0.2, 0.25) is 0 Å².